The molecule has 0 aromatic carbocycles. The molecule has 2 aromatic rings. The summed E-state index contributed by atoms with van der Waals surface area (Å²) < 4.78 is 6.54. The maximum atomic E-state index is 12.7. The number of amides is 2. The van der Waals surface area contributed by atoms with Crippen LogP contribution in [-0.4, -0.2) is 34.2 Å². The number of nitrogens with two attached hydrogens (primary N) is 1. The lowest BCUT2D eigenvalue weighted by Crippen LogP contribution is -2.25. The van der Waals surface area contributed by atoms with Crippen molar-refractivity contribution in [3.05, 3.63) is 32.4 Å². The monoisotopic (exact) mass is 412 g/mol. The van der Waals surface area contributed by atoms with Gasteiger partial charge in [0.25, 0.3) is 5.91 Å². The SMILES string of the molecule is CCOC(=O)c1c(NC(=O)C(C)n2nc(C)c(Cl)c2C)sc(C(N)=O)c1C. The molecule has 3 N–H and O–H groups in total. The number of esters is 1. The van der Waals surface area contributed by atoms with Crippen molar-refractivity contribution in [3.8, 4) is 0 Å². The van der Waals surface area contributed by atoms with Gasteiger partial charge in [0, 0.05) is 0 Å². The van der Waals surface area contributed by atoms with Crippen molar-refractivity contribution in [1.82, 2.24) is 9.78 Å². The number of primary amides is 1. The number of rotatable bonds is 6. The average Bonchev–Trinajstić information content (AvgIpc) is 3.06. The summed E-state index contributed by atoms with van der Waals surface area (Å²) in [7, 11) is 0. The molecule has 1 atom stereocenters. The van der Waals surface area contributed by atoms with Crippen LogP contribution >= 0.6 is 22.9 Å². The molecule has 0 fully saturated rings. The Morgan fingerprint density at radius 3 is 2.44 bits per heavy atom. The zero-order valence-electron chi connectivity index (χ0n) is 15.7. The highest BCUT2D eigenvalue weighted by Crippen LogP contribution is 2.34. The third kappa shape index (κ3) is 3.98. The Balaban J connectivity index is 2.39. The molecule has 0 saturated carbocycles. The summed E-state index contributed by atoms with van der Waals surface area (Å²) in [5, 5.41) is 7.66. The van der Waals surface area contributed by atoms with Gasteiger partial charge in [0.05, 0.1) is 33.5 Å². The molecule has 0 aliphatic carbocycles. The van der Waals surface area contributed by atoms with Crippen LogP contribution in [0.4, 0.5) is 5.00 Å². The molecule has 2 amide bonds. The van der Waals surface area contributed by atoms with Gasteiger partial charge in [-0.2, -0.15) is 5.10 Å². The fourth-order valence-corrected chi connectivity index (χ4v) is 3.81. The summed E-state index contributed by atoms with van der Waals surface area (Å²) in [6.45, 7) is 8.58. The van der Waals surface area contributed by atoms with E-state index in [4.69, 9.17) is 22.1 Å². The van der Waals surface area contributed by atoms with Gasteiger partial charge in [0.1, 0.15) is 11.0 Å². The molecular formula is C17H21ClN4O4S. The third-order valence-corrected chi connectivity index (χ3v) is 5.84. The topological polar surface area (TPSA) is 116 Å². The van der Waals surface area contributed by atoms with Crippen LogP contribution in [0.2, 0.25) is 5.02 Å². The van der Waals surface area contributed by atoms with E-state index in [1.165, 1.54) is 4.68 Å². The first-order valence-corrected chi connectivity index (χ1v) is 9.41. The van der Waals surface area contributed by atoms with Crippen LogP contribution in [0.25, 0.3) is 0 Å². The second-order valence-corrected chi connectivity index (χ2v) is 7.34. The molecule has 0 bridgehead atoms. The Morgan fingerprint density at radius 2 is 1.96 bits per heavy atom. The first kappa shape index (κ1) is 20.9. The molecule has 0 saturated heterocycles. The number of thiophene rings is 1. The number of nitrogens with one attached hydrogen (secondary N) is 1. The largest absolute Gasteiger partial charge is 0.462 e. The minimum absolute atomic E-state index is 0.127. The number of aryl methyl sites for hydroxylation is 1. The summed E-state index contributed by atoms with van der Waals surface area (Å²) in [5.74, 6) is -1.72. The van der Waals surface area contributed by atoms with E-state index in [-0.39, 0.29) is 22.0 Å². The van der Waals surface area contributed by atoms with Crippen LogP contribution < -0.4 is 11.1 Å². The van der Waals surface area contributed by atoms with Crippen molar-refractivity contribution < 1.29 is 19.1 Å². The predicted octanol–water partition coefficient (Wildman–Crippen LogP) is 3.00. The van der Waals surface area contributed by atoms with E-state index in [0.717, 1.165) is 11.3 Å². The van der Waals surface area contributed by atoms with Crippen molar-refractivity contribution in [2.75, 3.05) is 11.9 Å². The van der Waals surface area contributed by atoms with Gasteiger partial charge in [-0.3, -0.25) is 14.3 Å². The highest BCUT2D eigenvalue weighted by Gasteiger charge is 2.28. The van der Waals surface area contributed by atoms with E-state index in [0.29, 0.717) is 22.0 Å². The average molecular weight is 413 g/mol. The molecule has 0 aliphatic heterocycles. The molecule has 8 nitrogen and oxygen atoms in total. The lowest BCUT2D eigenvalue weighted by molar-refractivity contribution is -0.119. The van der Waals surface area contributed by atoms with E-state index < -0.39 is 23.8 Å². The first-order valence-electron chi connectivity index (χ1n) is 8.22. The van der Waals surface area contributed by atoms with Gasteiger partial charge in [0.2, 0.25) is 5.91 Å². The van der Waals surface area contributed by atoms with E-state index >= 15 is 0 Å². The Labute approximate surface area is 165 Å². The van der Waals surface area contributed by atoms with Crippen LogP contribution in [0.3, 0.4) is 0 Å². The summed E-state index contributed by atoms with van der Waals surface area (Å²) in [5.41, 5.74) is 7.15. The number of aromatic nitrogens is 2. The summed E-state index contributed by atoms with van der Waals surface area (Å²) >= 11 is 7.08. The van der Waals surface area contributed by atoms with Crippen LogP contribution in [0.1, 0.15) is 56.9 Å². The first-order chi connectivity index (χ1) is 12.6. The van der Waals surface area contributed by atoms with Gasteiger partial charge >= 0.3 is 5.97 Å². The lowest BCUT2D eigenvalue weighted by Gasteiger charge is -2.14. The van der Waals surface area contributed by atoms with Crippen molar-refractivity contribution in [1.29, 1.82) is 0 Å². The summed E-state index contributed by atoms with van der Waals surface area (Å²) in [6.07, 6.45) is 0. The smallest absolute Gasteiger partial charge is 0.341 e. The van der Waals surface area contributed by atoms with Crippen molar-refractivity contribution in [3.63, 3.8) is 0 Å². The van der Waals surface area contributed by atoms with Crippen molar-refractivity contribution in [2.24, 2.45) is 5.73 Å². The number of anilines is 1. The number of nitrogens with zero attached hydrogens (tertiary/aromatic N) is 2. The number of carbonyl (C=O) groups is 3. The van der Waals surface area contributed by atoms with Gasteiger partial charge in [-0.25, -0.2) is 4.79 Å². The predicted molar refractivity (Wildman–Crippen MR) is 104 cm³/mol. The second-order valence-electron chi connectivity index (χ2n) is 5.94. The number of hydrogen-bond acceptors (Lipinski definition) is 6. The molecule has 146 valence electrons. The molecule has 0 aliphatic rings. The van der Waals surface area contributed by atoms with Gasteiger partial charge in [-0.15, -0.1) is 11.3 Å². The Kier molecular flexibility index (Phi) is 6.27. The summed E-state index contributed by atoms with van der Waals surface area (Å²) in [6, 6.07) is -0.689. The molecule has 27 heavy (non-hydrogen) atoms. The zero-order chi connectivity index (χ0) is 20.5. The summed E-state index contributed by atoms with van der Waals surface area (Å²) in [4.78, 5) is 36.8. The third-order valence-electron chi connectivity index (χ3n) is 4.07. The number of halogens is 1. The zero-order valence-corrected chi connectivity index (χ0v) is 17.2. The molecule has 2 heterocycles. The second kappa shape index (κ2) is 8.10. The standard InChI is InChI=1S/C17H21ClN4O4S/c1-6-26-17(25)11-7(2)13(14(19)23)27-16(11)20-15(24)10(5)22-9(4)12(18)8(3)21-22/h10H,6H2,1-5H3,(H2,19,23)(H,20,24). The van der Waals surface area contributed by atoms with E-state index in [1.807, 2.05) is 0 Å². The maximum Gasteiger partial charge on any atom is 0.341 e. The molecule has 2 aromatic heterocycles. The van der Waals surface area contributed by atoms with Crippen LogP contribution in [0, 0.1) is 20.8 Å². The Hall–Kier alpha value is -2.39. The highest BCUT2D eigenvalue weighted by molar-refractivity contribution is 7.18. The van der Waals surface area contributed by atoms with Crippen molar-refractivity contribution in [2.45, 2.75) is 40.7 Å². The van der Waals surface area contributed by atoms with Crippen LogP contribution in [0.5, 0.6) is 0 Å². The van der Waals surface area contributed by atoms with Crippen LogP contribution in [-0.2, 0) is 9.53 Å². The Bertz CT molecular complexity index is 919. The van der Waals surface area contributed by atoms with Gasteiger partial charge < -0.3 is 15.8 Å². The highest BCUT2D eigenvalue weighted by atomic mass is 35.5. The molecule has 1 unspecified atom stereocenters. The fourth-order valence-electron chi connectivity index (χ4n) is 2.63. The number of carbonyl (C=O) groups excluding carboxylic acids is 3. The molecule has 0 spiro atoms. The lowest BCUT2D eigenvalue weighted by atomic mass is 10.1. The fraction of sp³-hybridized carbons (Fsp3) is 0.412. The minimum atomic E-state index is -0.689. The van der Waals surface area contributed by atoms with E-state index in [2.05, 4.69) is 10.4 Å². The van der Waals surface area contributed by atoms with Crippen molar-refractivity contribution >= 4 is 45.7 Å². The van der Waals surface area contributed by atoms with E-state index in [9.17, 15) is 14.4 Å². The van der Waals surface area contributed by atoms with Gasteiger partial charge in [0.15, 0.2) is 0 Å². The maximum absolute atomic E-state index is 12.7. The van der Waals surface area contributed by atoms with Crippen LogP contribution in [0.15, 0.2) is 0 Å². The minimum Gasteiger partial charge on any atom is -0.462 e. The quantitative estimate of drug-likeness (QED) is 0.707. The van der Waals surface area contributed by atoms with Gasteiger partial charge in [-0.1, -0.05) is 11.6 Å². The number of hydrogen-bond donors (Lipinski definition) is 2. The Morgan fingerprint density at radius 1 is 1.33 bits per heavy atom. The molecule has 2 rings (SSSR count). The van der Waals surface area contributed by atoms with E-state index in [1.54, 1.807) is 34.6 Å². The molecule has 0 radical (unpaired) electrons. The normalized spacial score (nSPS) is 11.9. The molecular weight excluding hydrogens is 392 g/mol. The molecule has 10 heteroatoms. The number of ether oxygens (including phenoxy) is 1. The van der Waals surface area contributed by atoms with Gasteiger partial charge in [-0.05, 0) is 40.2 Å².